The summed E-state index contributed by atoms with van der Waals surface area (Å²) in [4.78, 5) is 13.9. The molecule has 2 N–H and O–H groups in total. The zero-order valence-corrected chi connectivity index (χ0v) is 12.8. The molecule has 0 aromatic rings. The second-order valence-electron chi connectivity index (χ2n) is 6.77. The molecule has 1 heterocycles. The number of nitrogens with zero attached hydrogens (tertiary/aromatic N) is 1. The van der Waals surface area contributed by atoms with Crippen LogP contribution in [-0.4, -0.2) is 42.3 Å². The van der Waals surface area contributed by atoms with Gasteiger partial charge in [0.1, 0.15) is 0 Å². The molecule has 1 aliphatic carbocycles. The van der Waals surface area contributed by atoms with E-state index >= 15 is 0 Å². The molecule has 2 rings (SSSR count). The number of aliphatic hydroxyl groups excluding tert-OH is 1. The summed E-state index contributed by atoms with van der Waals surface area (Å²) in [6.45, 7) is 5.00. The summed E-state index contributed by atoms with van der Waals surface area (Å²) < 4.78 is 0. The van der Waals surface area contributed by atoms with Crippen molar-refractivity contribution in [2.75, 3.05) is 26.2 Å². The Morgan fingerprint density at radius 1 is 1.20 bits per heavy atom. The van der Waals surface area contributed by atoms with Crippen LogP contribution in [0.2, 0.25) is 0 Å². The number of likely N-dealkylation sites (tertiary alicyclic amines) is 1. The lowest BCUT2D eigenvalue weighted by Gasteiger charge is -2.31. The molecule has 0 bridgehead atoms. The van der Waals surface area contributed by atoms with Crippen molar-refractivity contribution in [3.8, 4) is 0 Å². The van der Waals surface area contributed by atoms with E-state index in [1.165, 1.54) is 25.7 Å². The van der Waals surface area contributed by atoms with Crippen molar-refractivity contribution in [3.63, 3.8) is 0 Å². The van der Waals surface area contributed by atoms with Gasteiger partial charge in [0.15, 0.2) is 0 Å². The lowest BCUT2D eigenvalue weighted by atomic mass is 9.81. The number of amides is 2. The summed E-state index contributed by atoms with van der Waals surface area (Å²) in [5.74, 6) is 2.06. The van der Waals surface area contributed by atoms with Gasteiger partial charge in [0.05, 0.1) is 0 Å². The summed E-state index contributed by atoms with van der Waals surface area (Å²) in [5, 5.41) is 12.2. The molecule has 2 unspecified atom stereocenters. The summed E-state index contributed by atoms with van der Waals surface area (Å²) >= 11 is 0. The summed E-state index contributed by atoms with van der Waals surface area (Å²) in [6.07, 6.45) is 8.40. The maximum atomic E-state index is 12.1. The van der Waals surface area contributed by atoms with Crippen LogP contribution in [0.4, 0.5) is 4.79 Å². The number of rotatable bonds is 4. The molecule has 0 spiro atoms. The quantitative estimate of drug-likeness (QED) is 0.833. The van der Waals surface area contributed by atoms with Crippen molar-refractivity contribution >= 4 is 6.03 Å². The van der Waals surface area contributed by atoms with Crippen LogP contribution < -0.4 is 5.32 Å². The third kappa shape index (κ3) is 4.65. The van der Waals surface area contributed by atoms with Crippen LogP contribution in [0.15, 0.2) is 0 Å². The van der Waals surface area contributed by atoms with Gasteiger partial charge in [-0.25, -0.2) is 4.79 Å². The lowest BCUT2D eigenvalue weighted by molar-refractivity contribution is 0.137. The van der Waals surface area contributed by atoms with E-state index in [4.69, 9.17) is 5.11 Å². The number of nitrogens with one attached hydrogen (secondary N) is 1. The molecular formula is C16H30N2O2. The molecule has 1 saturated carbocycles. The minimum absolute atomic E-state index is 0.0882. The van der Waals surface area contributed by atoms with Crippen LogP contribution in [0.5, 0.6) is 0 Å². The van der Waals surface area contributed by atoms with E-state index in [9.17, 15) is 4.79 Å². The highest BCUT2D eigenvalue weighted by Crippen LogP contribution is 2.30. The molecule has 2 amide bonds. The fraction of sp³-hybridized carbons (Fsp3) is 0.938. The lowest BCUT2D eigenvalue weighted by Crippen LogP contribution is -2.45. The molecule has 2 atom stereocenters. The molecule has 2 aliphatic rings. The predicted octanol–water partition coefficient (Wildman–Crippen LogP) is 2.62. The number of piperidine rings is 1. The molecule has 0 aromatic heterocycles. The van der Waals surface area contributed by atoms with Gasteiger partial charge in [0.25, 0.3) is 0 Å². The molecule has 0 radical (unpaired) electrons. The molecular weight excluding hydrogens is 252 g/mol. The SMILES string of the molecule is CC1CCCC(CCNC(=O)N2CCC(CO)CC2)C1. The highest BCUT2D eigenvalue weighted by atomic mass is 16.3. The summed E-state index contributed by atoms with van der Waals surface area (Å²) in [6, 6.07) is 0.0882. The van der Waals surface area contributed by atoms with E-state index in [0.29, 0.717) is 5.92 Å². The first-order chi connectivity index (χ1) is 9.69. The molecule has 4 nitrogen and oxygen atoms in total. The highest BCUT2D eigenvalue weighted by Gasteiger charge is 2.23. The van der Waals surface area contributed by atoms with Crippen LogP contribution in [0, 0.1) is 17.8 Å². The van der Waals surface area contributed by atoms with Crippen LogP contribution in [0.1, 0.15) is 51.9 Å². The van der Waals surface area contributed by atoms with Gasteiger partial charge in [-0.2, -0.15) is 0 Å². The van der Waals surface area contributed by atoms with Gasteiger partial charge in [-0.1, -0.05) is 26.2 Å². The smallest absolute Gasteiger partial charge is 0.317 e. The Labute approximate surface area is 122 Å². The Morgan fingerprint density at radius 3 is 2.60 bits per heavy atom. The van der Waals surface area contributed by atoms with Crippen molar-refractivity contribution in [1.82, 2.24) is 10.2 Å². The normalized spacial score (nSPS) is 28.4. The van der Waals surface area contributed by atoms with E-state index in [1.54, 1.807) is 0 Å². The number of aliphatic hydroxyl groups is 1. The number of urea groups is 1. The summed E-state index contributed by atoms with van der Waals surface area (Å²) in [5.41, 5.74) is 0. The van der Waals surface area contributed by atoms with Gasteiger partial charge in [0, 0.05) is 26.2 Å². The molecule has 20 heavy (non-hydrogen) atoms. The van der Waals surface area contributed by atoms with Gasteiger partial charge in [-0.15, -0.1) is 0 Å². The Balaban J connectivity index is 1.60. The fourth-order valence-electron chi connectivity index (χ4n) is 3.64. The maximum Gasteiger partial charge on any atom is 0.317 e. The van der Waals surface area contributed by atoms with Gasteiger partial charge in [-0.05, 0) is 43.4 Å². The Kier molecular flexibility index (Phi) is 6.14. The van der Waals surface area contributed by atoms with Crippen LogP contribution >= 0.6 is 0 Å². The molecule has 2 fully saturated rings. The average Bonchev–Trinajstić information content (AvgIpc) is 2.47. The monoisotopic (exact) mass is 282 g/mol. The van der Waals surface area contributed by atoms with E-state index in [2.05, 4.69) is 12.2 Å². The van der Waals surface area contributed by atoms with Crippen LogP contribution in [0.25, 0.3) is 0 Å². The average molecular weight is 282 g/mol. The second-order valence-corrected chi connectivity index (χ2v) is 6.77. The van der Waals surface area contributed by atoms with Crippen LogP contribution in [-0.2, 0) is 0 Å². The minimum atomic E-state index is 0.0882. The number of hydrogen-bond donors (Lipinski definition) is 2. The molecule has 1 saturated heterocycles. The number of hydrogen-bond acceptors (Lipinski definition) is 2. The van der Waals surface area contributed by atoms with E-state index in [-0.39, 0.29) is 12.6 Å². The van der Waals surface area contributed by atoms with Gasteiger partial charge >= 0.3 is 6.03 Å². The molecule has 4 heteroatoms. The summed E-state index contributed by atoms with van der Waals surface area (Å²) in [7, 11) is 0. The second kappa shape index (κ2) is 7.87. The van der Waals surface area contributed by atoms with Crippen LogP contribution in [0.3, 0.4) is 0 Å². The van der Waals surface area contributed by atoms with Crippen molar-refractivity contribution in [2.45, 2.75) is 51.9 Å². The first kappa shape index (κ1) is 15.6. The topological polar surface area (TPSA) is 52.6 Å². The largest absolute Gasteiger partial charge is 0.396 e. The van der Waals surface area contributed by atoms with E-state index < -0.39 is 0 Å². The third-order valence-electron chi connectivity index (χ3n) is 5.03. The zero-order valence-electron chi connectivity index (χ0n) is 12.8. The minimum Gasteiger partial charge on any atom is -0.396 e. The van der Waals surface area contributed by atoms with Crippen molar-refractivity contribution in [2.24, 2.45) is 17.8 Å². The number of carbonyl (C=O) groups excluding carboxylic acids is 1. The Bertz CT molecular complexity index is 301. The first-order valence-electron chi connectivity index (χ1n) is 8.32. The van der Waals surface area contributed by atoms with Crippen molar-refractivity contribution in [3.05, 3.63) is 0 Å². The predicted molar refractivity (Wildman–Crippen MR) is 80.5 cm³/mol. The van der Waals surface area contributed by atoms with Crippen molar-refractivity contribution < 1.29 is 9.90 Å². The molecule has 116 valence electrons. The Hall–Kier alpha value is -0.770. The van der Waals surface area contributed by atoms with Gasteiger partial charge in [-0.3, -0.25) is 0 Å². The van der Waals surface area contributed by atoms with Gasteiger partial charge in [0.2, 0.25) is 0 Å². The fourth-order valence-corrected chi connectivity index (χ4v) is 3.64. The number of carbonyl (C=O) groups is 1. The van der Waals surface area contributed by atoms with Gasteiger partial charge < -0.3 is 15.3 Å². The van der Waals surface area contributed by atoms with E-state index in [0.717, 1.165) is 50.7 Å². The molecule has 0 aromatic carbocycles. The van der Waals surface area contributed by atoms with Crippen molar-refractivity contribution in [1.29, 1.82) is 0 Å². The zero-order chi connectivity index (χ0) is 14.4. The third-order valence-corrected chi connectivity index (χ3v) is 5.03. The standard InChI is InChI=1S/C16H30N2O2/c1-13-3-2-4-14(11-13)5-8-17-16(20)18-9-6-15(12-19)7-10-18/h13-15,19H,2-12H2,1H3,(H,17,20). The molecule has 1 aliphatic heterocycles. The Morgan fingerprint density at radius 2 is 1.95 bits per heavy atom. The highest BCUT2D eigenvalue weighted by molar-refractivity contribution is 5.74. The van der Waals surface area contributed by atoms with E-state index in [1.807, 2.05) is 4.90 Å². The maximum absolute atomic E-state index is 12.1. The first-order valence-corrected chi connectivity index (χ1v) is 8.32.